The quantitative estimate of drug-likeness (QED) is 0.925. The summed E-state index contributed by atoms with van der Waals surface area (Å²) in [5, 5.41) is 13.1. The summed E-state index contributed by atoms with van der Waals surface area (Å²) in [6, 6.07) is 4.61. The first-order chi connectivity index (χ1) is 11.0. The van der Waals surface area contributed by atoms with E-state index in [1.807, 2.05) is 0 Å². The summed E-state index contributed by atoms with van der Waals surface area (Å²) in [6.07, 6.45) is 0.354. The third-order valence-electron chi connectivity index (χ3n) is 4.07. The van der Waals surface area contributed by atoms with Gasteiger partial charge in [-0.2, -0.15) is 5.21 Å². The lowest BCUT2D eigenvalue weighted by Gasteiger charge is -2.38. The van der Waals surface area contributed by atoms with Gasteiger partial charge >= 0.3 is 0 Å². The van der Waals surface area contributed by atoms with E-state index >= 15 is 0 Å². The molecule has 3 rings (SSSR count). The van der Waals surface area contributed by atoms with Crippen molar-refractivity contribution in [3.63, 3.8) is 0 Å². The molecule has 2 aromatic rings. The van der Waals surface area contributed by atoms with Gasteiger partial charge < -0.3 is 0 Å². The lowest BCUT2D eigenvalue weighted by atomic mass is 9.89. The Kier molecular flexibility index (Phi) is 4.54. The van der Waals surface area contributed by atoms with Crippen LogP contribution in [-0.2, 0) is 13.0 Å². The van der Waals surface area contributed by atoms with Gasteiger partial charge in [-0.25, -0.2) is 13.2 Å². The first-order valence-electron chi connectivity index (χ1n) is 7.21. The molecular formula is C14H15ClF3N5. The molecule has 1 aliphatic rings. The summed E-state index contributed by atoms with van der Waals surface area (Å²) in [5.41, 5.74) is 0.324. The molecule has 1 aliphatic heterocycles. The first-order valence-corrected chi connectivity index (χ1v) is 7.59. The summed E-state index contributed by atoms with van der Waals surface area (Å²) in [6.45, 7) is 0.127. The van der Waals surface area contributed by atoms with Crippen LogP contribution in [0, 0.1) is 11.7 Å². The largest absolute Gasteiger partial charge is 0.293 e. The number of hydrogen-bond donors (Lipinski definition) is 1. The van der Waals surface area contributed by atoms with Crippen LogP contribution in [0.2, 0.25) is 5.02 Å². The molecule has 0 aliphatic carbocycles. The van der Waals surface area contributed by atoms with Crippen LogP contribution < -0.4 is 0 Å². The number of alkyl halides is 2. The van der Waals surface area contributed by atoms with Crippen LogP contribution in [0.4, 0.5) is 13.2 Å². The van der Waals surface area contributed by atoms with E-state index in [0.717, 1.165) is 0 Å². The van der Waals surface area contributed by atoms with Crippen LogP contribution in [0.1, 0.15) is 17.8 Å². The van der Waals surface area contributed by atoms with Gasteiger partial charge in [0, 0.05) is 24.4 Å². The number of hydrogen-bond acceptors (Lipinski definition) is 4. The number of halogens is 4. The zero-order chi connectivity index (χ0) is 16.4. The van der Waals surface area contributed by atoms with E-state index in [-0.39, 0.29) is 30.2 Å². The van der Waals surface area contributed by atoms with Crippen molar-refractivity contribution in [2.75, 3.05) is 13.1 Å². The number of aromatic nitrogens is 4. The van der Waals surface area contributed by atoms with Crippen LogP contribution in [0.3, 0.4) is 0 Å². The van der Waals surface area contributed by atoms with Crippen molar-refractivity contribution < 1.29 is 13.2 Å². The van der Waals surface area contributed by atoms with Gasteiger partial charge in [0.05, 0.1) is 11.6 Å². The highest BCUT2D eigenvalue weighted by Gasteiger charge is 2.44. The van der Waals surface area contributed by atoms with E-state index in [0.29, 0.717) is 12.1 Å². The number of nitrogens with one attached hydrogen (secondary N) is 1. The molecule has 1 N–H and O–H groups in total. The van der Waals surface area contributed by atoms with E-state index in [1.54, 1.807) is 17.0 Å². The van der Waals surface area contributed by atoms with Crippen molar-refractivity contribution >= 4 is 11.6 Å². The fraction of sp³-hybridized carbons (Fsp3) is 0.500. The van der Waals surface area contributed by atoms with Gasteiger partial charge in [-0.1, -0.05) is 28.9 Å². The highest BCUT2D eigenvalue weighted by Crippen LogP contribution is 2.35. The molecule has 124 valence electrons. The molecule has 1 aromatic heterocycles. The Morgan fingerprint density at radius 3 is 2.91 bits per heavy atom. The van der Waals surface area contributed by atoms with Gasteiger partial charge in [0.25, 0.3) is 5.92 Å². The van der Waals surface area contributed by atoms with Crippen LogP contribution in [-0.4, -0.2) is 44.5 Å². The van der Waals surface area contributed by atoms with E-state index < -0.39 is 24.2 Å². The van der Waals surface area contributed by atoms with Gasteiger partial charge in [-0.3, -0.25) is 4.90 Å². The Hall–Kier alpha value is -1.67. The van der Waals surface area contributed by atoms with Crippen molar-refractivity contribution in [1.82, 2.24) is 25.5 Å². The zero-order valence-electron chi connectivity index (χ0n) is 12.1. The van der Waals surface area contributed by atoms with Crippen LogP contribution in [0.5, 0.6) is 0 Å². The van der Waals surface area contributed by atoms with Gasteiger partial charge in [-0.15, -0.1) is 10.2 Å². The molecule has 1 unspecified atom stereocenters. The van der Waals surface area contributed by atoms with Gasteiger partial charge in [-0.05, 0) is 19.0 Å². The predicted molar refractivity (Wildman–Crippen MR) is 77.6 cm³/mol. The van der Waals surface area contributed by atoms with Gasteiger partial charge in [0.1, 0.15) is 5.82 Å². The maximum absolute atomic E-state index is 14.3. The van der Waals surface area contributed by atoms with Crippen LogP contribution >= 0.6 is 11.6 Å². The predicted octanol–water partition coefficient (Wildman–Crippen LogP) is 2.69. The third-order valence-corrected chi connectivity index (χ3v) is 4.36. The molecule has 5 nitrogen and oxygen atoms in total. The second-order valence-electron chi connectivity index (χ2n) is 5.70. The topological polar surface area (TPSA) is 57.7 Å². The SMILES string of the molecule is Fc1c(Cl)cccc1CN1CCC(Cc2nn[nH]n2)C(F)(F)C1. The lowest BCUT2D eigenvalue weighted by molar-refractivity contribution is -0.113. The minimum absolute atomic E-state index is 0.00116. The van der Waals surface area contributed by atoms with Gasteiger partial charge in [0.2, 0.25) is 0 Å². The Balaban J connectivity index is 1.66. The molecule has 9 heteroatoms. The molecule has 0 amide bonds. The molecule has 0 bridgehead atoms. The van der Waals surface area contributed by atoms with Crippen molar-refractivity contribution in [1.29, 1.82) is 0 Å². The number of aromatic amines is 1. The standard InChI is InChI=1S/C14H15ClF3N5/c15-11-3-1-2-9(13(11)16)7-23-5-4-10(14(17,18)8-23)6-12-19-21-22-20-12/h1-3,10H,4-8H2,(H,19,20,21,22). The lowest BCUT2D eigenvalue weighted by Crippen LogP contribution is -2.49. The minimum Gasteiger partial charge on any atom is -0.293 e. The summed E-state index contributed by atoms with van der Waals surface area (Å²) >= 11 is 5.73. The monoisotopic (exact) mass is 345 g/mol. The normalized spacial score (nSPS) is 21.5. The van der Waals surface area contributed by atoms with Crippen molar-refractivity contribution in [3.05, 3.63) is 40.4 Å². The van der Waals surface area contributed by atoms with E-state index in [2.05, 4.69) is 20.6 Å². The molecule has 23 heavy (non-hydrogen) atoms. The van der Waals surface area contributed by atoms with Crippen molar-refractivity contribution in [3.8, 4) is 0 Å². The number of likely N-dealkylation sites (tertiary alicyclic amines) is 1. The number of piperidine rings is 1. The second kappa shape index (κ2) is 6.45. The molecule has 2 heterocycles. The highest BCUT2D eigenvalue weighted by molar-refractivity contribution is 6.30. The second-order valence-corrected chi connectivity index (χ2v) is 6.11. The van der Waals surface area contributed by atoms with E-state index in [9.17, 15) is 13.2 Å². The Bertz CT molecular complexity index is 664. The average Bonchev–Trinajstić information content (AvgIpc) is 2.99. The molecule has 0 radical (unpaired) electrons. The Morgan fingerprint density at radius 2 is 2.22 bits per heavy atom. The summed E-state index contributed by atoms with van der Waals surface area (Å²) in [5.74, 6) is -4.01. The number of tetrazole rings is 1. The van der Waals surface area contributed by atoms with Gasteiger partial charge in [0.15, 0.2) is 5.82 Å². The Morgan fingerprint density at radius 1 is 1.39 bits per heavy atom. The number of nitrogens with zero attached hydrogens (tertiary/aromatic N) is 4. The molecule has 1 aromatic carbocycles. The molecule has 1 atom stereocenters. The fourth-order valence-corrected chi connectivity index (χ4v) is 3.04. The van der Waals surface area contributed by atoms with Crippen LogP contribution in [0.15, 0.2) is 18.2 Å². The third kappa shape index (κ3) is 3.64. The summed E-state index contributed by atoms with van der Waals surface area (Å²) in [4.78, 5) is 1.54. The van der Waals surface area contributed by atoms with Crippen LogP contribution in [0.25, 0.3) is 0 Å². The Labute approximate surface area is 135 Å². The molecule has 1 fully saturated rings. The molecular weight excluding hydrogens is 331 g/mol. The zero-order valence-corrected chi connectivity index (χ0v) is 12.9. The molecule has 0 spiro atoms. The average molecular weight is 346 g/mol. The van der Waals surface area contributed by atoms with E-state index in [4.69, 9.17) is 11.6 Å². The molecule has 0 saturated carbocycles. The minimum atomic E-state index is -2.89. The fourth-order valence-electron chi connectivity index (χ4n) is 2.84. The van der Waals surface area contributed by atoms with E-state index in [1.165, 1.54) is 6.07 Å². The molecule has 1 saturated heterocycles. The maximum Gasteiger partial charge on any atom is 0.263 e. The maximum atomic E-state index is 14.3. The summed E-state index contributed by atoms with van der Waals surface area (Å²) in [7, 11) is 0. The highest BCUT2D eigenvalue weighted by atomic mass is 35.5. The van der Waals surface area contributed by atoms with Crippen molar-refractivity contribution in [2.24, 2.45) is 5.92 Å². The number of rotatable bonds is 4. The number of H-pyrrole nitrogens is 1. The first kappa shape index (κ1) is 16.2. The summed E-state index contributed by atoms with van der Waals surface area (Å²) < 4.78 is 42.6. The number of benzene rings is 1. The smallest absolute Gasteiger partial charge is 0.263 e. The van der Waals surface area contributed by atoms with Crippen molar-refractivity contribution in [2.45, 2.75) is 25.3 Å².